The first-order valence-corrected chi connectivity index (χ1v) is 11.0. The molecule has 0 radical (unpaired) electrons. The molecule has 0 bridgehead atoms. The van der Waals surface area contributed by atoms with E-state index in [0.717, 1.165) is 0 Å². The quantitative estimate of drug-likeness (QED) is 0.327. The molecule has 0 amide bonds. The third kappa shape index (κ3) is 6.79. The van der Waals surface area contributed by atoms with Crippen LogP contribution in [0.15, 0.2) is 55.8 Å². The van der Waals surface area contributed by atoms with Gasteiger partial charge in [0.05, 0.1) is 17.7 Å². The highest BCUT2D eigenvalue weighted by Crippen LogP contribution is 2.22. The van der Waals surface area contributed by atoms with E-state index in [1.165, 1.54) is 4.57 Å². The Bertz CT molecular complexity index is 1050. The zero-order valence-corrected chi connectivity index (χ0v) is 19.9. The summed E-state index contributed by atoms with van der Waals surface area (Å²) in [6.07, 6.45) is -0.419. The molecule has 2 rings (SSSR count). The summed E-state index contributed by atoms with van der Waals surface area (Å²) in [6, 6.07) is 6.29. The van der Waals surface area contributed by atoms with E-state index in [4.69, 9.17) is 4.74 Å². The van der Waals surface area contributed by atoms with Crippen LogP contribution >= 0.6 is 0 Å². The second-order valence-electron chi connectivity index (χ2n) is 8.89. The molecular formula is C26H34N2O6. The van der Waals surface area contributed by atoms with Crippen molar-refractivity contribution in [3.8, 4) is 11.8 Å². The van der Waals surface area contributed by atoms with Gasteiger partial charge in [0, 0.05) is 24.7 Å². The van der Waals surface area contributed by atoms with E-state index in [1.54, 1.807) is 56.2 Å². The number of hydrogen-bond acceptors (Lipinski definition) is 7. The highest BCUT2D eigenvalue weighted by molar-refractivity contribution is 5.93. The Morgan fingerprint density at radius 3 is 2.32 bits per heavy atom. The number of hydrogen-bond donors (Lipinski definition) is 4. The van der Waals surface area contributed by atoms with E-state index < -0.39 is 42.7 Å². The highest BCUT2D eigenvalue weighted by atomic mass is 16.6. The molecule has 8 nitrogen and oxygen atoms in total. The monoisotopic (exact) mass is 470 g/mol. The van der Waals surface area contributed by atoms with Crippen molar-refractivity contribution in [3.05, 3.63) is 61.3 Å². The molecule has 0 aliphatic heterocycles. The van der Waals surface area contributed by atoms with E-state index in [9.17, 15) is 25.2 Å². The van der Waals surface area contributed by atoms with Gasteiger partial charge in [0.15, 0.2) is 0 Å². The zero-order valence-electron chi connectivity index (χ0n) is 19.9. The molecule has 4 atom stereocenters. The van der Waals surface area contributed by atoms with Crippen LogP contribution in [0.5, 0.6) is 0 Å². The molecule has 1 aromatic heterocycles. The first kappa shape index (κ1) is 27.3. The number of aliphatic hydroxyl groups is 4. The van der Waals surface area contributed by atoms with Gasteiger partial charge in [0.2, 0.25) is 0 Å². The number of ether oxygens (including phenoxy) is 1. The molecule has 1 aromatic carbocycles. The van der Waals surface area contributed by atoms with E-state index in [-0.39, 0.29) is 0 Å². The number of fused-ring (bicyclic) bond motifs is 1. The number of aliphatic hydroxyl groups excluding tert-OH is 4. The minimum absolute atomic E-state index is 0.323. The van der Waals surface area contributed by atoms with Crippen LogP contribution in [0.4, 0.5) is 4.79 Å². The van der Waals surface area contributed by atoms with Crippen LogP contribution in [0.1, 0.15) is 26.3 Å². The number of para-hydroxylation sites is 1. The Labute approximate surface area is 200 Å². The van der Waals surface area contributed by atoms with Crippen molar-refractivity contribution in [2.75, 3.05) is 19.7 Å². The molecule has 4 N–H and O–H groups in total. The Morgan fingerprint density at radius 1 is 1.15 bits per heavy atom. The fraction of sp³-hybridized carbons (Fsp3) is 0.423. The molecule has 1 heterocycles. The molecule has 0 fully saturated rings. The molecule has 184 valence electrons. The number of benzene rings is 1. The van der Waals surface area contributed by atoms with Crippen molar-refractivity contribution < 1.29 is 30.0 Å². The SMILES string of the molecule is C=CCN(CC=C)C(C#Cc1cn(C(=O)OC(C)(C)C)c2ccccc12)[C@@H](O)[C@H](O)[C@H](O)CO. The lowest BCUT2D eigenvalue weighted by Gasteiger charge is -2.33. The number of aromatic nitrogens is 1. The minimum atomic E-state index is -1.63. The van der Waals surface area contributed by atoms with Gasteiger partial charge in [-0.1, -0.05) is 42.2 Å². The Balaban J connectivity index is 2.55. The minimum Gasteiger partial charge on any atom is -0.443 e. The number of carbonyl (C=O) groups excluding carboxylic acids is 1. The van der Waals surface area contributed by atoms with Gasteiger partial charge in [-0.2, -0.15) is 0 Å². The summed E-state index contributed by atoms with van der Waals surface area (Å²) in [5.41, 5.74) is 0.458. The maximum absolute atomic E-state index is 12.7. The molecule has 0 spiro atoms. The first-order chi connectivity index (χ1) is 16.0. The molecule has 2 aromatic rings. The van der Waals surface area contributed by atoms with Crippen LogP contribution in [0.3, 0.4) is 0 Å². The summed E-state index contributed by atoms with van der Waals surface area (Å²) in [4.78, 5) is 14.5. The van der Waals surface area contributed by atoms with E-state index in [2.05, 4.69) is 25.0 Å². The number of carbonyl (C=O) groups is 1. The standard InChI is InChI=1S/C26H34N2O6/c1-6-14-27(15-7-2)21(23(31)24(32)22(30)17-29)13-12-18-16-28(25(33)34-26(3,4)5)20-11-9-8-10-19(18)20/h6-11,16,21-24,29-32H,1-2,14-15,17H2,3-5H3/t21?,22-,23-,24-/m1/s1. The van der Waals surface area contributed by atoms with Crippen LogP contribution in [0.25, 0.3) is 10.9 Å². The third-order valence-electron chi connectivity index (χ3n) is 5.03. The van der Waals surface area contributed by atoms with Crippen molar-refractivity contribution in [1.29, 1.82) is 0 Å². The summed E-state index contributed by atoms with van der Waals surface area (Å²) in [6.45, 7) is 12.7. The average Bonchev–Trinajstić information content (AvgIpc) is 3.16. The predicted molar refractivity (Wildman–Crippen MR) is 131 cm³/mol. The molecule has 34 heavy (non-hydrogen) atoms. The zero-order chi connectivity index (χ0) is 25.5. The third-order valence-corrected chi connectivity index (χ3v) is 5.03. The maximum Gasteiger partial charge on any atom is 0.419 e. The van der Waals surface area contributed by atoms with Gasteiger partial charge < -0.3 is 25.2 Å². The molecule has 0 aliphatic rings. The van der Waals surface area contributed by atoms with Gasteiger partial charge in [0.1, 0.15) is 30.0 Å². The molecule has 0 saturated heterocycles. The fourth-order valence-electron chi connectivity index (χ4n) is 3.44. The van der Waals surface area contributed by atoms with Gasteiger partial charge in [-0.3, -0.25) is 9.47 Å². The summed E-state index contributed by atoms with van der Waals surface area (Å²) < 4.78 is 6.88. The second-order valence-corrected chi connectivity index (χ2v) is 8.89. The number of nitrogens with zero attached hydrogens (tertiary/aromatic N) is 2. The lowest BCUT2D eigenvalue weighted by atomic mass is 9.99. The Kier molecular flexibility index (Phi) is 9.62. The highest BCUT2D eigenvalue weighted by Gasteiger charge is 2.33. The summed E-state index contributed by atoms with van der Waals surface area (Å²) in [5.74, 6) is 5.98. The smallest absolute Gasteiger partial charge is 0.419 e. The van der Waals surface area contributed by atoms with Gasteiger partial charge >= 0.3 is 6.09 Å². The van der Waals surface area contributed by atoms with Crippen LogP contribution in [0.2, 0.25) is 0 Å². The summed E-state index contributed by atoms with van der Waals surface area (Å²) in [5, 5.41) is 40.9. The van der Waals surface area contributed by atoms with Crippen molar-refractivity contribution in [2.24, 2.45) is 0 Å². The molecule has 8 heteroatoms. The van der Waals surface area contributed by atoms with Gasteiger partial charge in [-0.05, 0) is 26.8 Å². The van der Waals surface area contributed by atoms with Crippen LogP contribution in [-0.2, 0) is 4.74 Å². The Morgan fingerprint density at radius 2 is 1.76 bits per heavy atom. The summed E-state index contributed by atoms with van der Waals surface area (Å²) >= 11 is 0. The van der Waals surface area contributed by atoms with Gasteiger partial charge in [0.25, 0.3) is 0 Å². The van der Waals surface area contributed by atoms with Crippen LogP contribution in [0, 0.1) is 11.8 Å². The maximum atomic E-state index is 12.7. The second kappa shape index (κ2) is 12.0. The molecular weight excluding hydrogens is 436 g/mol. The average molecular weight is 471 g/mol. The molecule has 1 unspecified atom stereocenters. The van der Waals surface area contributed by atoms with Gasteiger partial charge in [-0.15, -0.1) is 13.2 Å². The van der Waals surface area contributed by atoms with E-state index >= 15 is 0 Å². The topological polar surface area (TPSA) is 115 Å². The lowest BCUT2D eigenvalue weighted by molar-refractivity contribution is -0.0922. The largest absolute Gasteiger partial charge is 0.443 e. The van der Waals surface area contributed by atoms with Crippen LogP contribution < -0.4 is 0 Å². The Hall–Kier alpha value is -2.93. The van der Waals surface area contributed by atoms with Crippen molar-refractivity contribution in [3.63, 3.8) is 0 Å². The van der Waals surface area contributed by atoms with Crippen LogP contribution in [-0.4, -0.2) is 85.6 Å². The molecule has 0 aliphatic carbocycles. The summed E-state index contributed by atoms with van der Waals surface area (Å²) in [7, 11) is 0. The van der Waals surface area contributed by atoms with Gasteiger partial charge in [-0.25, -0.2) is 4.79 Å². The van der Waals surface area contributed by atoms with Crippen molar-refractivity contribution in [2.45, 2.75) is 50.7 Å². The van der Waals surface area contributed by atoms with E-state index in [1.807, 2.05) is 12.1 Å². The fourth-order valence-corrected chi connectivity index (χ4v) is 3.44. The molecule has 0 saturated carbocycles. The number of rotatable bonds is 9. The normalized spacial score (nSPS) is 15.2. The van der Waals surface area contributed by atoms with Crippen molar-refractivity contribution >= 4 is 17.0 Å². The lowest BCUT2D eigenvalue weighted by Crippen LogP contribution is -2.52. The first-order valence-electron chi connectivity index (χ1n) is 11.0. The predicted octanol–water partition coefficient (Wildman–Crippen LogP) is 1.89. The van der Waals surface area contributed by atoms with E-state index in [0.29, 0.717) is 29.6 Å². The van der Waals surface area contributed by atoms with Crippen molar-refractivity contribution in [1.82, 2.24) is 9.47 Å².